The number of aliphatic hydroxyl groups excluding tert-OH is 1. The number of benzene rings is 1. The lowest BCUT2D eigenvalue weighted by molar-refractivity contribution is -0.0744. The fourth-order valence-corrected chi connectivity index (χ4v) is 5.76. The van der Waals surface area contributed by atoms with Crippen molar-refractivity contribution in [1.82, 2.24) is 9.88 Å². The molecule has 2 aliphatic heterocycles. The number of aliphatic hydroxyl groups is 1. The molecule has 1 N–H and O–H groups in total. The average molecular weight is 306 g/mol. The largest absolute Gasteiger partial charge is 0.387 e. The molecule has 2 unspecified atom stereocenters. The van der Waals surface area contributed by atoms with Gasteiger partial charge < -0.3 is 5.11 Å². The summed E-state index contributed by atoms with van der Waals surface area (Å²) in [5.74, 6) is 0.741. The highest BCUT2D eigenvalue weighted by Crippen LogP contribution is 2.78. The molecule has 2 saturated heterocycles. The van der Waals surface area contributed by atoms with Gasteiger partial charge in [0.25, 0.3) is 0 Å². The first-order valence-corrected chi connectivity index (χ1v) is 8.55. The minimum atomic E-state index is -0.443. The summed E-state index contributed by atoms with van der Waals surface area (Å²) in [5.41, 5.74) is 2.52. The first-order chi connectivity index (χ1) is 11.1. The van der Waals surface area contributed by atoms with Crippen LogP contribution in [0, 0.1) is 11.3 Å². The summed E-state index contributed by atoms with van der Waals surface area (Å²) in [4.78, 5) is 6.97. The van der Waals surface area contributed by atoms with Crippen LogP contribution < -0.4 is 0 Å². The Morgan fingerprint density at radius 2 is 2.22 bits per heavy atom. The van der Waals surface area contributed by atoms with E-state index >= 15 is 0 Å². The maximum atomic E-state index is 11.1. The molecule has 0 radical (unpaired) electrons. The molecule has 2 aromatic rings. The lowest BCUT2D eigenvalue weighted by atomic mass is 9.79. The van der Waals surface area contributed by atoms with Crippen molar-refractivity contribution < 1.29 is 5.11 Å². The Morgan fingerprint density at radius 1 is 1.39 bits per heavy atom. The minimum absolute atomic E-state index is 0.229. The fraction of sp³-hybridized carbons (Fsp3) is 0.450. The van der Waals surface area contributed by atoms with Crippen LogP contribution in [0.15, 0.2) is 49.2 Å². The van der Waals surface area contributed by atoms with Gasteiger partial charge in [0, 0.05) is 28.6 Å². The summed E-state index contributed by atoms with van der Waals surface area (Å²) in [7, 11) is 0. The van der Waals surface area contributed by atoms with Gasteiger partial charge in [-0.2, -0.15) is 0 Å². The Hall–Kier alpha value is -1.71. The summed E-state index contributed by atoms with van der Waals surface area (Å²) in [5, 5.41) is 12.1. The third kappa shape index (κ3) is 1.41. The van der Waals surface area contributed by atoms with E-state index in [1.165, 1.54) is 6.42 Å². The van der Waals surface area contributed by atoms with Crippen LogP contribution in [0.4, 0.5) is 0 Å². The van der Waals surface area contributed by atoms with Gasteiger partial charge in [-0.1, -0.05) is 31.2 Å². The summed E-state index contributed by atoms with van der Waals surface area (Å²) in [6, 6.07) is 10.3. The number of para-hydroxylation sites is 1. The lowest BCUT2D eigenvalue weighted by Crippen LogP contribution is -2.61. The number of rotatable bonds is 3. The van der Waals surface area contributed by atoms with Crippen LogP contribution in [-0.2, 0) is 0 Å². The zero-order valence-electron chi connectivity index (χ0n) is 13.4. The quantitative estimate of drug-likeness (QED) is 0.884. The predicted molar refractivity (Wildman–Crippen MR) is 91.0 cm³/mol. The van der Waals surface area contributed by atoms with E-state index < -0.39 is 6.10 Å². The number of aromatic nitrogens is 1. The van der Waals surface area contributed by atoms with Crippen molar-refractivity contribution in [2.24, 2.45) is 11.3 Å². The lowest BCUT2D eigenvalue weighted by Gasteiger charge is -2.52. The SMILES string of the molecule is C=CC1(C)C2CCN3[C@H]([C@H](O)c4ccnc5ccccc45)C[C@]231. The Labute approximate surface area is 136 Å². The van der Waals surface area contributed by atoms with Crippen LogP contribution in [0.3, 0.4) is 0 Å². The molecule has 0 bridgehead atoms. The van der Waals surface area contributed by atoms with Crippen molar-refractivity contribution in [3.8, 4) is 0 Å². The maximum Gasteiger partial charge on any atom is 0.0953 e. The monoisotopic (exact) mass is 306 g/mol. The van der Waals surface area contributed by atoms with Crippen LogP contribution in [-0.4, -0.2) is 33.1 Å². The topological polar surface area (TPSA) is 36.4 Å². The maximum absolute atomic E-state index is 11.1. The number of piperidine rings is 1. The molecule has 1 aromatic heterocycles. The van der Waals surface area contributed by atoms with E-state index in [2.05, 4.69) is 35.5 Å². The fourth-order valence-electron chi connectivity index (χ4n) is 5.76. The minimum Gasteiger partial charge on any atom is -0.387 e. The van der Waals surface area contributed by atoms with E-state index in [4.69, 9.17) is 0 Å². The summed E-state index contributed by atoms with van der Waals surface area (Å²) in [6.07, 6.45) is 5.84. The van der Waals surface area contributed by atoms with Crippen LogP contribution in [0.25, 0.3) is 10.9 Å². The van der Waals surface area contributed by atoms with E-state index in [1.807, 2.05) is 30.5 Å². The third-order valence-electron chi connectivity index (χ3n) is 7.03. The molecule has 3 fully saturated rings. The highest BCUT2D eigenvalue weighted by Gasteiger charge is 2.82. The van der Waals surface area contributed by atoms with E-state index in [0.717, 1.165) is 35.3 Å². The molecule has 5 rings (SSSR count). The second-order valence-electron chi connectivity index (χ2n) is 7.58. The zero-order valence-corrected chi connectivity index (χ0v) is 13.4. The number of pyridine rings is 1. The van der Waals surface area contributed by atoms with Crippen LogP contribution in [0.5, 0.6) is 0 Å². The van der Waals surface area contributed by atoms with Gasteiger partial charge in [-0.3, -0.25) is 9.88 Å². The third-order valence-corrected chi connectivity index (χ3v) is 7.03. The van der Waals surface area contributed by atoms with Gasteiger partial charge in [0.15, 0.2) is 0 Å². The molecular weight excluding hydrogens is 284 g/mol. The van der Waals surface area contributed by atoms with Gasteiger partial charge >= 0.3 is 0 Å². The molecule has 1 aliphatic carbocycles. The number of hydrogen-bond donors (Lipinski definition) is 1. The zero-order chi connectivity index (χ0) is 15.8. The van der Waals surface area contributed by atoms with Gasteiger partial charge in [0.05, 0.1) is 11.6 Å². The van der Waals surface area contributed by atoms with Crippen LogP contribution >= 0.6 is 0 Å². The highest BCUT2D eigenvalue weighted by atomic mass is 16.3. The first-order valence-electron chi connectivity index (χ1n) is 8.55. The van der Waals surface area contributed by atoms with Gasteiger partial charge in [0.1, 0.15) is 0 Å². The second kappa shape index (κ2) is 4.22. The average Bonchev–Trinajstić information content (AvgIpc) is 2.98. The Kier molecular flexibility index (Phi) is 2.52. The number of nitrogens with zero attached hydrogens (tertiary/aromatic N) is 2. The second-order valence-corrected chi connectivity index (χ2v) is 7.58. The van der Waals surface area contributed by atoms with Crippen molar-refractivity contribution in [2.75, 3.05) is 6.54 Å². The van der Waals surface area contributed by atoms with Gasteiger partial charge in [-0.25, -0.2) is 0 Å². The van der Waals surface area contributed by atoms with Crippen molar-refractivity contribution >= 4 is 10.9 Å². The summed E-state index contributed by atoms with van der Waals surface area (Å²) < 4.78 is 0. The van der Waals surface area contributed by atoms with Crippen molar-refractivity contribution in [1.29, 1.82) is 0 Å². The molecule has 118 valence electrons. The smallest absolute Gasteiger partial charge is 0.0953 e. The van der Waals surface area contributed by atoms with E-state index in [9.17, 15) is 5.11 Å². The molecule has 3 heterocycles. The predicted octanol–water partition coefficient (Wildman–Crippen LogP) is 3.31. The van der Waals surface area contributed by atoms with E-state index in [1.54, 1.807) is 0 Å². The van der Waals surface area contributed by atoms with Gasteiger partial charge in [-0.15, -0.1) is 6.58 Å². The molecule has 23 heavy (non-hydrogen) atoms. The Balaban J connectivity index is 1.49. The van der Waals surface area contributed by atoms with Crippen molar-refractivity contribution in [3.05, 3.63) is 54.7 Å². The molecule has 3 nitrogen and oxygen atoms in total. The number of hydrogen-bond acceptors (Lipinski definition) is 3. The molecule has 1 saturated carbocycles. The Bertz CT molecular complexity index is 813. The molecule has 3 heteroatoms. The summed E-state index contributed by atoms with van der Waals surface area (Å²) >= 11 is 0. The molecular formula is C20H22N2O. The van der Waals surface area contributed by atoms with Crippen molar-refractivity contribution in [2.45, 2.75) is 37.5 Å². The van der Waals surface area contributed by atoms with Gasteiger partial charge in [0.2, 0.25) is 0 Å². The standard InChI is InChI=1S/C20H22N2O/c1-3-19(2)17-9-11-22-16(12-20(17,19)22)18(23)14-8-10-21-15-7-5-4-6-13(14)15/h3-8,10,16-18,23H,1,9,11-12H2,2H3/t16-,17?,18+,19?,20+/m0/s1. The van der Waals surface area contributed by atoms with Crippen molar-refractivity contribution in [3.63, 3.8) is 0 Å². The van der Waals surface area contributed by atoms with E-state index in [-0.39, 0.29) is 11.5 Å². The molecule has 1 spiro atoms. The molecule has 3 aliphatic rings. The van der Waals surface area contributed by atoms with Gasteiger partial charge in [-0.05, 0) is 43.0 Å². The van der Waals surface area contributed by atoms with E-state index in [0.29, 0.717) is 5.54 Å². The number of fused-ring (bicyclic) bond motifs is 1. The molecule has 0 amide bonds. The molecule has 5 atom stereocenters. The Morgan fingerprint density at radius 3 is 3.00 bits per heavy atom. The van der Waals surface area contributed by atoms with Crippen LogP contribution in [0.2, 0.25) is 0 Å². The summed E-state index contributed by atoms with van der Waals surface area (Å²) in [6.45, 7) is 7.51. The van der Waals surface area contributed by atoms with Crippen LogP contribution in [0.1, 0.15) is 31.4 Å². The molecule has 1 aromatic carbocycles. The normalized spacial score (nSPS) is 39.4. The highest BCUT2D eigenvalue weighted by molar-refractivity contribution is 5.82. The first kappa shape index (κ1) is 13.7.